The van der Waals surface area contributed by atoms with Gasteiger partial charge in [0.1, 0.15) is 11.6 Å². The van der Waals surface area contributed by atoms with Crippen molar-refractivity contribution in [1.29, 1.82) is 0 Å². The molecule has 4 heteroatoms. The van der Waals surface area contributed by atoms with Gasteiger partial charge in [-0.1, -0.05) is 6.92 Å². The highest BCUT2D eigenvalue weighted by Crippen LogP contribution is 2.18. The number of aromatic nitrogens is 2. The van der Waals surface area contributed by atoms with Crippen LogP contribution in [0.25, 0.3) is 11.0 Å². The number of hydrogen-bond donors (Lipinski definition) is 1. The molecule has 0 fully saturated rings. The van der Waals surface area contributed by atoms with Crippen LogP contribution in [-0.4, -0.2) is 16.1 Å². The molecular weight excluding hydrogens is 229 g/mol. The minimum Gasteiger partial charge on any atom is -0.331 e. The first-order valence-corrected chi connectivity index (χ1v) is 6.42. The first-order valence-electron chi connectivity index (χ1n) is 6.42. The Balaban J connectivity index is 2.16. The number of nitrogens with two attached hydrogens (primary N) is 1. The first kappa shape index (κ1) is 13.0. The highest BCUT2D eigenvalue weighted by atomic mass is 19.1. The number of aryl methyl sites for hydroxylation is 2. The number of benzene rings is 1. The molecule has 0 bridgehead atoms. The van der Waals surface area contributed by atoms with Crippen molar-refractivity contribution in [3.8, 4) is 0 Å². The van der Waals surface area contributed by atoms with Crippen LogP contribution in [0.5, 0.6) is 0 Å². The third kappa shape index (κ3) is 2.70. The van der Waals surface area contributed by atoms with Crippen LogP contribution >= 0.6 is 0 Å². The van der Waals surface area contributed by atoms with Crippen LogP contribution in [0, 0.1) is 11.7 Å². The minimum absolute atomic E-state index is 0.214. The molecule has 1 heterocycles. The summed E-state index contributed by atoms with van der Waals surface area (Å²) >= 11 is 0. The van der Waals surface area contributed by atoms with E-state index in [9.17, 15) is 4.39 Å². The Labute approximate surface area is 107 Å². The van der Waals surface area contributed by atoms with Crippen molar-refractivity contribution < 1.29 is 4.39 Å². The smallest absolute Gasteiger partial charge is 0.125 e. The number of hydrogen-bond acceptors (Lipinski definition) is 2. The highest BCUT2D eigenvalue weighted by molar-refractivity contribution is 5.75. The van der Waals surface area contributed by atoms with E-state index in [1.807, 2.05) is 11.6 Å². The van der Waals surface area contributed by atoms with Crippen LogP contribution in [0.1, 0.15) is 25.6 Å². The molecule has 0 radical (unpaired) electrons. The molecule has 1 aromatic heterocycles. The van der Waals surface area contributed by atoms with Crippen molar-refractivity contribution in [3.05, 3.63) is 29.8 Å². The second-order valence-corrected chi connectivity index (χ2v) is 4.94. The molecule has 0 aliphatic heterocycles. The Hall–Kier alpha value is -1.42. The fourth-order valence-electron chi connectivity index (χ4n) is 2.24. The van der Waals surface area contributed by atoms with E-state index in [0.29, 0.717) is 5.92 Å². The zero-order valence-electron chi connectivity index (χ0n) is 11.0. The standard InChI is InChI=1S/C14H20FN3/c1-10(7-8-16)3-6-14-17-12-5-4-11(15)9-13(12)18(14)2/h4-5,9-10H,3,6-8,16H2,1-2H3. The lowest BCUT2D eigenvalue weighted by atomic mass is 10.0. The molecule has 18 heavy (non-hydrogen) atoms. The van der Waals surface area contributed by atoms with Gasteiger partial charge in [-0.25, -0.2) is 9.37 Å². The second-order valence-electron chi connectivity index (χ2n) is 4.94. The molecule has 1 aromatic carbocycles. The Morgan fingerprint density at radius 3 is 2.89 bits per heavy atom. The van der Waals surface area contributed by atoms with E-state index in [0.717, 1.165) is 42.7 Å². The molecule has 0 aliphatic carbocycles. The van der Waals surface area contributed by atoms with E-state index in [-0.39, 0.29) is 5.82 Å². The molecule has 0 saturated carbocycles. The van der Waals surface area contributed by atoms with Crippen molar-refractivity contribution >= 4 is 11.0 Å². The monoisotopic (exact) mass is 249 g/mol. The van der Waals surface area contributed by atoms with E-state index in [1.165, 1.54) is 12.1 Å². The van der Waals surface area contributed by atoms with Crippen molar-refractivity contribution in [1.82, 2.24) is 9.55 Å². The van der Waals surface area contributed by atoms with Gasteiger partial charge in [-0.15, -0.1) is 0 Å². The topological polar surface area (TPSA) is 43.8 Å². The Morgan fingerprint density at radius 2 is 2.17 bits per heavy atom. The minimum atomic E-state index is -0.214. The number of fused-ring (bicyclic) bond motifs is 1. The summed E-state index contributed by atoms with van der Waals surface area (Å²) < 4.78 is 15.2. The SMILES string of the molecule is CC(CCN)CCc1nc2ccc(F)cc2n1C. The molecule has 2 rings (SSSR count). The predicted octanol–water partition coefficient (Wildman–Crippen LogP) is 2.63. The lowest BCUT2D eigenvalue weighted by molar-refractivity contribution is 0.490. The maximum atomic E-state index is 13.2. The van der Waals surface area contributed by atoms with Crippen LogP contribution in [0.4, 0.5) is 4.39 Å². The molecule has 2 aromatic rings. The molecule has 0 saturated heterocycles. The van der Waals surface area contributed by atoms with Gasteiger partial charge in [0.15, 0.2) is 0 Å². The molecule has 0 aliphatic rings. The maximum Gasteiger partial charge on any atom is 0.125 e. The lowest BCUT2D eigenvalue weighted by Crippen LogP contribution is -2.08. The van der Waals surface area contributed by atoms with Gasteiger partial charge in [0, 0.05) is 13.5 Å². The number of rotatable bonds is 5. The fourth-order valence-corrected chi connectivity index (χ4v) is 2.24. The average molecular weight is 249 g/mol. The summed E-state index contributed by atoms with van der Waals surface area (Å²) in [7, 11) is 1.94. The largest absolute Gasteiger partial charge is 0.331 e. The van der Waals surface area contributed by atoms with Crippen molar-refractivity contribution in [2.45, 2.75) is 26.2 Å². The van der Waals surface area contributed by atoms with Gasteiger partial charge in [0.25, 0.3) is 0 Å². The molecule has 1 atom stereocenters. The van der Waals surface area contributed by atoms with Crippen molar-refractivity contribution in [2.24, 2.45) is 18.7 Å². The number of halogens is 1. The second kappa shape index (κ2) is 5.48. The molecular formula is C14H20FN3. The summed E-state index contributed by atoms with van der Waals surface area (Å²) in [5.74, 6) is 1.40. The zero-order chi connectivity index (χ0) is 13.1. The van der Waals surface area contributed by atoms with Gasteiger partial charge in [-0.3, -0.25) is 0 Å². The summed E-state index contributed by atoms with van der Waals surface area (Å²) in [5, 5.41) is 0. The fraction of sp³-hybridized carbons (Fsp3) is 0.500. The van der Waals surface area contributed by atoms with E-state index in [4.69, 9.17) is 5.73 Å². The highest BCUT2D eigenvalue weighted by Gasteiger charge is 2.10. The molecule has 1 unspecified atom stereocenters. The zero-order valence-corrected chi connectivity index (χ0v) is 11.0. The molecule has 98 valence electrons. The summed E-state index contributed by atoms with van der Waals surface area (Å²) in [6, 6.07) is 4.72. The Morgan fingerprint density at radius 1 is 1.39 bits per heavy atom. The summed E-state index contributed by atoms with van der Waals surface area (Å²) in [6.07, 6.45) is 3.02. The third-order valence-electron chi connectivity index (χ3n) is 3.46. The van der Waals surface area contributed by atoms with Crippen molar-refractivity contribution in [3.63, 3.8) is 0 Å². The molecule has 3 nitrogen and oxygen atoms in total. The van der Waals surface area contributed by atoms with Gasteiger partial charge in [0.2, 0.25) is 0 Å². The number of nitrogens with zero attached hydrogens (tertiary/aromatic N) is 2. The first-order chi connectivity index (χ1) is 8.61. The third-order valence-corrected chi connectivity index (χ3v) is 3.46. The quantitative estimate of drug-likeness (QED) is 0.885. The van der Waals surface area contributed by atoms with E-state index < -0.39 is 0 Å². The van der Waals surface area contributed by atoms with E-state index in [2.05, 4.69) is 11.9 Å². The number of imidazole rings is 1. The van der Waals surface area contributed by atoms with Crippen molar-refractivity contribution in [2.75, 3.05) is 6.54 Å². The van der Waals surface area contributed by atoms with Gasteiger partial charge in [-0.05, 0) is 43.5 Å². The Kier molecular flexibility index (Phi) is 3.97. The van der Waals surface area contributed by atoms with Crippen LogP contribution < -0.4 is 5.73 Å². The molecule has 0 spiro atoms. The van der Waals surface area contributed by atoms with Crippen LogP contribution in [0.2, 0.25) is 0 Å². The van der Waals surface area contributed by atoms with Gasteiger partial charge >= 0.3 is 0 Å². The van der Waals surface area contributed by atoms with Gasteiger partial charge in [0.05, 0.1) is 11.0 Å². The normalized spacial score (nSPS) is 13.1. The summed E-state index contributed by atoms with van der Waals surface area (Å²) in [6.45, 7) is 2.93. The van der Waals surface area contributed by atoms with Gasteiger partial charge < -0.3 is 10.3 Å². The molecule has 2 N–H and O–H groups in total. The summed E-state index contributed by atoms with van der Waals surface area (Å²) in [5.41, 5.74) is 7.26. The van der Waals surface area contributed by atoms with E-state index in [1.54, 1.807) is 6.07 Å². The predicted molar refractivity (Wildman–Crippen MR) is 71.8 cm³/mol. The summed E-state index contributed by atoms with van der Waals surface area (Å²) in [4.78, 5) is 4.55. The van der Waals surface area contributed by atoms with Crippen LogP contribution in [0.15, 0.2) is 18.2 Å². The Bertz CT molecular complexity index is 533. The molecule has 0 amide bonds. The van der Waals surface area contributed by atoms with Gasteiger partial charge in [-0.2, -0.15) is 0 Å². The van der Waals surface area contributed by atoms with Crippen LogP contribution in [-0.2, 0) is 13.5 Å². The van der Waals surface area contributed by atoms with E-state index >= 15 is 0 Å². The van der Waals surface area contributed by atoms with Crippen LogP contribution in [0.3, 0.4) is 0 Å². The lowest BCUT2D eigenvalue weighted by Gasteiger charge is -2.09. The maximum absolute atomic E-state index is 13.2. The average Bonchev–Trinajstić information content (AvgIpc) is 2.64.